The Balaban J connectivity index is 2.07. The Morgan fingerprint density at radius 1 is 1.12 bits per heavy atom. The predicted molar refractivity (Wildman–Crippen MR) is 70.9 cm³/mol. The number of ether oxygens (including phenoxy) is 1. The van der Waals surface area contributed by atoms with E-state index >= 15 is 0 Å². The molecule has 0 unspecified atom stereocenters. The topological polar surface area (TPSA) is 21.3 Å². The van der Waals surface area contributed by atoms with Crippen LogP contribution in [0.1, 0.15) is 0 Å². The molecule has 2 aromatic rings. The summed E-state index contributed by atoms with van der Waals surface area (Å²) in [5, 5.41) is 4.09. The Hall–Kier alpha value is -1.67. The number of benzene rings is 2. The molecule has 0 bridgehead atoms. The SMILES string of the molecule is Clc1ccccc1-c1ccc2c(c1)NCCO2. The molecule has 0 saturated carbocycles. The summed E-state index contributed by atoms with van der Waals surface area (Å²) in [4.78, 5) is 0. The van der Waals surface area contributed by atoms with Crippen LogP contribution in [0, 0.1) is 0 Å². The fourth-order valence-electron chi connectivity index (χ4n) is 2.00. The van der Waals surface area contributed by atoms with Crippen molar-refractivity contribution in [2.24, 2.45) is 0 Å². The van der Waals surface area contributed by atoms with Crippen LogP contribution >= 0.6 is 11.6 Å². The van der Waals surface area contributed by atoms with Gasteiger partial charge in [-0.25, -0.2) is 0 Å². The second kappa shape index (κ2) is 4.30. The highest BCUT2D eigenvalue weighted by Crippen LogP contribution is 2.34. The van der Waals surface area contributed by atoms with Crippen molar-refractivity contribution in [1.82, 2.24) is 0 Å². The molecule has 1 heterocycles. The van der Waals surface area contributed by atoms with E-state index in [1.165, 1.54) is 0 Å². The zero-order chi connectivity index (χ0) is 11.7. The molecule has 0 fully saturated rings. The maximum Gasteiger partial charge on any atom is 0.142 e. The molecule has 0 saturated heterocycles. The number of rotatable bonds is 1. The normalized spacial score (nSPS) is 13.5. The molecule has 0 atom stereocenters. The van der Waals surface area contributed by atoms with E-state index in [9.17, 15) is 0 Å². The van der Waals surface area contributed by atoms with E-state index in [2.05, 4.69) is 11.4 Å². The van der Waals surface area contributed by atoms with Crippen molar-refractivity contribution in [2.45, 2.75) is 0 Å². The summed E-state index contributed by atoms with van der Waals surface area (Å²) >= 11 is 6.19. The first kappa shape index (κ1) is 10.5. The number of halogens is 1. The van der Waals surface area contributed by atoms with Crippen molar-refractivity contribution >= 4 is 17.3 Å². The lowest BCUT2D eigenvalue weighted by Crippen LogP contribution is -2.17. The summed E-state index contributed by atoms with van der Waals surface area (Å²) in [5.41, 5.74) is 3.19. The minimum absolute atomic E-state index is 0.721. The van der Waals surface area contributed by atoms with Crippen molar-refractivity contribution in [3.05, 3.63) is 47.5 Å². The van der Waals surface area contributed by atoms with Gasteiger partial charge in [0.1, 0.15) is 12.4 Å². The summed E-state index contributed by atoms with van der Waals surface area (Å²) in [7, 11) is 0. The van der Waals surface area contributed by atoms with Crippen LogP contribution in [0.15, 0.2) is 42.5 Å². The van der Waals surface area contributed by atoms with Gasteiger partial charge in [0.2, 0.25) is 0 Å². The van der Waals surface area contributed by atoms with Gasteiger partial charge >= 0.3 is 0 Å². The largest absolute Gasteiger partial charge is 0.490 e. The average molecular weight is 246 g/mol. The number of nitrogens with one attached hydrogen (secondary N) is 1. The molecule has 3 heteroatoms. The first-order valence-electron chi connectivity index (χ1n) is 5.60. The van der Waals surface area contributed by atoms with Crippen molar-refractivity contribution in [2.75, 3.05) is 18.5 Å². The van der Waals surface area contributed by atoms with Crippen LogP contribution in [0.5, 0.6) is 5.75 Å². The lowest BCUT2D eigenvalue weighted by atomic mass is 10.0. The Morgan fingerprint density at radius 3 is 2.88 bits per heavy atom. The lowest BCUT2D eigenvalue weighted by molar-refractivity contribution is 0.323. The number of hydrogen-bond donors (Lipinski definition) is 1. The highest BCUT2D eigenvalue weighted by atomic mass is 35.5. The van der Waals surface area contributed by atoms with Gasteiger partial charge in [-0.15, -0.1) is 0 Å². The first-order chi connectivity index (χ1) is 8.34. The summed E-state index contributed by atoms with van der Waals surface area (Å²) in [6, 6.07) is 14.0. The molecule has 1 aliphatic heterocycles. The van der Waals surface area contributed by atoms with Crippen LogP contribution in [0.4, 0.5) is 5.69 Å². The van der Waals surface area contributed by atoms with Gasteiger partial charge in [0, 0.05) is 17.1 Å². The lowest BCUT2D eigenvalue weighted by Gasteiger charge is -2.19. The monoisotopic (exact) mass is 245 g/mol. The minimum atomic E-state index is 0.721. The second-order valence-electron chi connectivity index (χ2n) is 3.97. The van der Waals surface area contributed by atoms with E-state index in [-0.39, 0.29) is 0 Å². The fourth-order valence-corrected chi connectivity index (χ4v) is 2.25. The Bertz CT molecular complexity index is 554. The molecule has 2 nitrogen and oxygen atoms in total. The van der Waals surface area contributed by atoms with Gasteiger partial charge in [0.25, 0.3) is 0 Å². The smallest absolute Gasteiger partial charge is 0.142 e. The average Bonchev–Trinajstić information content (AvgIpc) is 2.39. The van der Waals surface area contributed by atoms with Gasteiger partial charge in [0.05, 0.1) is 5.69 Å². The van der Waals surface area contributed by atoms with Crippen LogP contribution in [0.25, 0.3) is 11.1 Å². The van der Waals surface area contributed by atoms with Crippen LogP contribution in [-0.4, -0.2) is 13.2 Å². The molecular formula is C14H12ClNO. The Kier molecular flexibility index (Phi) is 2.65. The summed E-state index contributed by atoms with van der Waals surface area (Å²) < 4.78 is 5.55. The molecule has 3 rings (SSSR count). The summed E-state index contributed by atoms with van der Waals surface area (Å²) in [6.07, 6.45) is 0. The molecule has 1 aliphatic rings. The molecule has 0 aromatic heterocycles. The van der Waals surface area contributed by atoms with Gasteiger partial charge in [-0.2, -0.15) is 0 Å². The Morgan fingerprint density at radius 2 is 2.00 bits per heavy atom. The van der Waals surface area contributed by atoms with Crippen LogP contribution in [0.2, 0.25) is 5.02 Å². The van der Waals surface area contributed by atoms with Crippen molar-refractivity contribution in [1.29, 1.82) is 0 Å². The van der Waals surface area contributed by atoms with Crippen molar-refractivity contribution in [3.8, 4) is 16.9 Å². The van der Waals surface area contributed by atoms with Crippen molar-refractivity contribution < 1.29 is 4.74 Å². The van der Waals surface area contributed by atoms with Crippen LogP contribution < -0.4 is 10.1 Å². The number of anilines is 1. The maximum absolute atomic E-state index is 6.19. The zero-order valence-corrected chi connectivity index (χ0v) is 10.00. The van der Waals surface area contributed by atoms with E-state index in [1.807, 2.05) is 36.4 Å². The van der Waals surface area contributed by atoms with Gasteiger partial charge < -0.3 is 10.1 Å². The molecule has 0 amide bonds. The minimum Gasteiger partial charge on any atom is -0.490 e. The molecule has 0 radical (unpaired) electrons. The third kappa shape index (κ3) is 1.96. The van der Waals surface area contributed by atoms with Gasteiger partial charge in [0.15, 0.2) is 0 Å². The maximum atomic E-state index is 6.19. The van der Waals surface area contributed by atoms with E-state index in [0.29, 0.717) is 0 Å². The molecule has 17 heavy (non-hydrogen) atoms. The third-order valence-corrected chi connectivity index (χ3v) is 3.17. The standard InChI is InChI=1S/C14H12ClNO/c15-12-4-2-1-3-11(12)10-5-6-14-13(9-10)16-7-8-17-14/h1-6,9,16H,7-8H2. The zero-order valence-electron chi connectivity index (χ0n) is 9.24. The predicted octanol–water partition coefficient (Wildman–Crippen LogP) is 3.81. The van der Waals surface area contributed by atoms with Gasteiger partial charge in [-0.1, -0.05) is 35.9 Å². The Labute approximate surface area is 105 Å². The number of hydrogen-bond acceptors (Lipinski definition) is 2. The highest BCUT2D eigenvalue weighted by Gasteiger charge is 2.11. The van der Waals surface area contributed by atoms with Gasteiger partial charge in [-0.3, -0.25) is 0 Å². The van der Waals surface area contributed by atoms with Crippen molar-refractivity contribution in [3.63, 3.8) is 0 Å². The quantitative estimate of drug-likeness (QED) is 0.825. The van der Waals surface area contributed by atoms with Crippen LogP contribution in [-0.2, 0) is 0 Å². The second-order valence-corrected chi connectivity index (χ2v) is 4.37. The third-order valence-electron chi connectivity index (χ3n) is 2.84. The van der Waals surface area contributed by atoms with Gasteiger partial charge in [-0.05, 0) is 23.8 Å². The molecular weight excluding hydrogens is 234 g/mol. The molecule has 1 N–H and O–H groups in total. The highest BCUT2D eigenvalue weighted by molar-refractivity contribution is 6.33. The summed E-state index contributed by atoms with van der Waals surface area (Å²) in [5.74, 6) is 0.909. The van der Waals surface area contributed by atoms with E-state index in [4.69, 9.17) is 16.3 Å². The summed E-state index contributed by atoms with van der Waals surface area (Å²) in [6.45, 7) is 1.57. The molecule has 0 aliphatic carbocycles. The fraction of sp³-hybridized carbons (Fsp3) is 0.143. The van der Waals surface area contributed by atoms with E-state index < -0.39 is 0 Å². The number of fused-ring (bicyclic) bond motifs is 1. The molecule has 0 spiro atoms. The van der Waals surface area contributed by atoms with E-state index in [1.54, 1.807) is 0 Å². The molecule has 86 valence electrons. The first-order valence-corrected chi connectivity index (χ1v) is 5.98. The van der Waals surface area contributed by atoms with Crippen LogP contribution in [0.3, 0.4) is 0 Å². The molecule has 2 aromatic carbocycles. The van der Waals surface area contributed by atoms with E-state index in [0.717, 1.165) is 40.7 Å².